The van der Waals surface area contributed by atoms with Crippen LogP contribution in [0.1, 0.15) is 25.8 Å². The summed E-state index contributed by atoms with van der Waals surface area (Å²) >= 11 is 0. The van der Waals surface area contributed by atoms with E-state index in [2.05, 4.69) is 37.2 Å². The fourth-order valence-electron chi connectivity index (χ4n) is 1.63. The second-order valence-corrected chi connectivity index (χ2v) is 4.73. The lowest BCUT2D eigenvalue weighted by Crippen LogP contribution is -2.28. The van der Waals surface area contributed by atoms with Crippen molar-refractivity contribution in [3.8, 4) is 6.07 Å². The number of nitrogens with zero attached hydrogens (tertiary/aromatic N) is 2. The first-order valence-corrected chi connectivity index (χ1v) is 6.29. The topological polar surface area (TPSA) is 65.1 Å². The van der Waals surface area contributed by atoms with E-state index < -0.39 is 0 Å². The van der Waals surface area contributed by atoms with Gasteiger partial charge in [0.1, 0.15) is 6.07 Å². The van der Waals surface area contributed by atoms with Crippen molar-refractivity contribution in [1.29, 1.82) is 5.26 Å². The highest BCUT2D eigenvalue weighted by atomic mass is 15.1. The molecule has 1 aromatic rings. The summed E-state index contributed by atoms with van der Waals surface area (Å²) in [5.74, 6) is 0. The van der Waals surface area contributed by atoms with Gasteiger partial charge in [-0.3, -0.25) is 0 Å². The molecular weight excluding hydrogens is 224 g/mol. The Labute approximate surface area is 109 Å². The van der Waals surface area contributed by atoms with Gasteiger partial charge in [-0.25, -0.2) is 0 Å². The van der Waals surface area contributed by atoms with Gasteiger partial charge in [0.2, 0.25) is 0 Å². The lowest BCUT2D eigenvalue weighted by Gasteiger charge is -2.21. The predicted molar refractivity (Wildman–Crippen MR) is 76.4 cm³/mol. The summed E-state index contributed by atoms with van der Waals surface area (Å²) in [6.07, 6.45) is 1.05. The molecule has 3 N–H and O–H groups in total. The van der Waals surface area contributed by atoms with E-state index in [4.69, 9.17) is 11.0 Å². The number of para-hydroxylation sites is 1. The Morgan fingerprint density at radius 3 is 2.78 bits per heavy atom. The molecule has 4 nitrogen and oxygen atoms in total. The summed E-state index contributed by atoms with van der Waals surface area (Å²) in [7, 11) is 2.12. The SMILES string of the molecule is CC(C)N(C)CCCNc1cccc(C#N)c1N. The zero-order valence-electron chi connectivity index (χ0n) is 11.4. The molecule has 0 bridgehead atoms. The molecule has 0 amide bonds. The van der Waals surface area contributed by atoms with Gasteiger partial charge in [0.25, 0.3) is 0 Å². The molecule has 4 heteroatoms. The van der Waals surface area contributed by atoms with Crippen molar-refractivity contribution in [1.82, 2.24) is 4.90 Å². The molecule has 0 saturated carbocycles. The number of anilines is 2. The van der Waals surface area contributed by atoms with Crippen LogP contribution in [0.2, 0.25) is 0 Å². The van der Waals surface area contributed by atoms with Gasteiger partial charge in [0, 0.05) is 12.6 Å². The first-order chi connectivity index (χ1) is 8.56. The number of hydrogen-bond donors (Lipinski definition) is 2. The number of nitrogens with one attached hydrogen (secondary N) is 1. The van der Waals surface area contributed by atoms with Crippen molar-refractivity contribution in [2.75, 3.05) is 31.2 Å². The molecule has 0 aliphatic carbocycles. The molecule has 1 aromatic carbocycles. The smallest absolute Gasteiger partial charge is 0.101 e. The normalized spacial score (nSPS) is 10.7. The van der Waals surface area contributed by atoms with E-state index in [9.17, 15) is 0 Å². The van der Waals surface area contributed by atoms with Gasteiger partial charge in [0.15, 0.2) is 0 Å². The first kappa shape index (κ1) is 14.3. The fraction of sp³-hybridized carbons (Fsp3) is 0.500. The number of nitriles is 1. The van der Waals surface area contributed by atoms with Crippen LogP contribution in [0.4, 0.5) is 11.4 Å². The highest BCUT2D eigenvalue weighted by Gasteiger charge is 2.04. The Kier molecular flexibility index (Phi) is 5.47. The van der Waals surface area contributed by atoms with Gasteiger partial charge in [-0.05, 0) is 46.0 Å². The highest BCUT2D eigenvalue weighted by Crippen LogP contribution is 2.21. The molecule has 0 heterocycles. The van der Waals surface area contributed by atoms with Crippen molar-refractivity contribution in [3.63, 3.8) is 0 Å². The standard InChI is InChI=1S/C14H22N4/c1-11(2)18(3)9-5-8-17-13-7-4-6-12(10-15)14(13)16/h4,6-7,11,17H,5,8-9,16H2,1-3H3. The summed E-state index contributed by atoms with van der Waals surface area (Å²) in [4.78, 5) is 2.30. The van der Waals surface area contributed by atoms with Crippen molar-refractivity contribution >= 4 is 11.4 Å². The number of rotatable bonds is 6. The van der Waals surface area contributed by atoms with Gasteiger partial charge in [-0.2, -0.15) is 5.26 Å². The third kappa shape index (κ3) is 3.94. The molecule has 0 fully saturated rings. The number of nitrogens with two attached hydrogens (primary N) is 1. The second kappa shape index (κ2) is 6.87. The zero-order chi connectivity index (χ0) is 13.5. The zero-order valence-corrected chi connectivity index (χ0v) is 11.4. The van der Waals surface area contributed by atoms with Crippen LogP contribution in [-0.4, -0.2) is 31.1 Å². The van der Waals surface area contributed by atoms with Crippen LogP contribution in [0.25, 0.3) is 0 Å². The highest BCUT2D eigenvalue weighted by molar-refractivity contribution is 5.72. The van der Waals surface area contributed by atoms with Crippen LogP contribution < -0.4 is 11.1 Å². The third-order valence-electron chi connectivity index (χ3n) is 3.11. The summed E-state index contributed by atoms with van der Waals surface area (Å²) in [6, 6.07) is 8.13. The Balaban J connectivity index is 2.43. The largest absolute Gasteiger partial charge is 0.396 e. The minimum atomic E-state index is 0.527. The Morgan fingerprint density at radius 2 is 2.17 bits per heavy atom. The van der Waals surface area contributed by atoms with Crippen LogP contribution in [-0.2, 0) is 0 Å². The maximum absolute atomic E-state index is 8.88. The first-order valence-electron chi connectivity index (χ1n) is 6.29. The van der Waals surface area contributed by atoms with Gasteiger partial charge >= 0.3 is 0 Å². The predicted octanol–water partition coefficient (Wildman–Crippen LogP) is 2.28. The lowest BCUT2D eigenvalue weighted by atomic mass is 10.1. The maximum Gasteiger partial charge on any atom is 0.101 e. The molecule has 0 unspecified atom stereocenters. The Morgan fingerprint density at radius 1 is 1.44 bits per heavy atom. The molecule has 0 aliphatic rings. The monoisotopic (exact) mass is 246 g/mol. The second-order valence-electron chi connectivity index (χ2n) is 4.73. The van der Waals surface area contributed by atoms with Gasteiger partial charge in [-0.15, -0.1) is 0 Å². The molecular formula is C14H22N4. The molecule has 1 rings (SSSR count). The van der Waals surface area contributed by atoms with E-state index >= 15 is 0 Å². The average molecular weight is 246 g/mol. The minimum Gasteiger partial charge on any atom is -0.396 e. The minimum absolute atomic E-state index is 0.527. The number of hydrogen-bond acceptors (Lipinski definition) is 4. The molecule has 0 atom stereocenters. The Bertz CT molecular complexity index is 420. The summed E-state index contributed by atoms with van der Waals surface area (Å²) < 4.78 is 0. The quantitative estimate of drug-likeness (QED) is 0.597. The fourth-order valence-corrected chi connectivity index (χ4v) is 1.63. The van der Waals surface area contributed by atoms with Crippen molar-refractivity contribution in [2.24, 2.45) is 0 Å². The van der Waals surface area contributed by atoms with Gasteiger partial charge < -0.3 is 16.0 Å². The van der Waals surface area contributed by atoms with E-state index in [0.29, 0.717) is 17.3 Å². The van der Waals surface area contributed by atoms with Crippen LogP contribution in [0, 0.1) is 11.3 Å². The number of nitrogen functional groups attached to an aromatic ring is 1. The van der Waals surface area contributed by atoms with Crippen molar-refractivity contribution < 1.29 is 0 Å². The molecule has 0 aliphatic heterocycles. The molecule has 0 radical (unpaired) electrons. The van der Waals surface area contributed by atoms with Crippen LogP contribution in [0.3, 0.4) is 0 Å². The summed E-state index contributed by atoms with van der Waals surface area (Å²) in [5, 5.41) is 12.2. The van der Waals surface area contributed by atoms with Crippen LogP contribution in [0.5, 0.6) is 0 Å². The molecule has 18 heavy (non-hydrogen) atoms. The van der Waals surface area contributed by atoms with Crippen molar-refractivity contribution in [3.05, 3.63) is 23.8 Å². The lowest BCUT2D eigenvalue weighted by molar-refractivity contribution is 0.273. The molecule has 0 aromatic heterocycles. The summed E-state index contributed by atoms with van der Waals surface area (Å²) in [6.45, 7) is 6.27. The van der Waals surface area contributed by atoms with Gasteiger partial charge in [0.05, 0.1) is 16.9 Å². The third-order valence-corrected chi connectivity index (χ3v) is 3.11. The van der Waals surface area contributed by atoms with E-state index in [1.165, 1.54) is 0 Å². The van der Waals surface area contributed by atoms with E-state index in [1.54, 1.807) is 6.07 Å². The van der Waals surface area contributed by atoms with Gasteiger partial charge in [-0.1, -0.05) is 6.07 Å². The summed E-state index contributed by atoms with van der Waals surface area (Å²) in [5.41, 5.74) is 7.80. The average Bonchev–Trinajstić information content (AvgIpc) is 2.35. The number of benzene rings is 1. The van der Waals surface area contributed by atoms with Crippen LogP contribution in [0.15, 0.2) is 18.2 Å². The van der Waals surface area contributed by atoms with Crippen molar-refractivity contribution in [2.45, 2.75) is 26.3 Å². The van der Waals surface area contributed by atoms with E-state index in [-0.39, 0.29) is 0 Å². The van der Waals surface area contributed by atoms with E-state index in [0.717, 1.165) is 25.2 Å². The maximum atomic E-state index is 8.88. The molecule has 0 saturated heterocycles. The van der Waals surface area contributed by atoms with Crippen LogP contribution >= 0.6 is 0 Å². The molecule has 0 spiro atoms. The Hall–Kier alpha value is -1.73. The molecule has 98 valence electrons. The van der Waals surface area contributed by atoms with E-state index in [1.807, 2.05) is 12.1 Å².